The van der Waals surface area contributed by atoms with Crippen LogP contribution < -0.4 is 16.0 Å². The minimum Gasteiger partial charge on any atom is -0.291 e. The Morgan fingerprint density at radius 1 is 1.10 bits per heavy atom. The van der Waals surface area contributed by atoms with Crippen molar-refractivity contribution in [1.29, 1.82) is 0 Å². The van der Waals surface area contributed by atoms with Gasteiger partial charge in [0.15, 0.2) is 0 Å². The second-order valence-electron chi connectivity index (χ2n) is 7.34. The summed E-state index contributed by atoms with van der Waals surface area (Å²) in [5.41, 5.74) is 7.65. The topological polar surface area (TPSA) is 52.0 Å². The molecule has 4 fully saturated rings. The van der Waals surface area contributed by atoms with Crippen molar-refractivity contribution in [2.24, 2.45) is 23.5 Å². The number of nitrogens with one attached hydrogen (secondary N) is 2. The van der Waals surface area contributed by atoms with E-state index >= 15 is 0 Å². The van der Waals surface area contributed by atoms with Crippen molar-refractivity contribution in [3.8, 4) is 0 Å². The summed E-state index contributed by atoms with van der Waals surface area (Å²) in [5, 5.41) is 3.36. The Hall–Kier alpha value is -0.780. The highest BCUT2D eigenvalue weighted by Crippen LogP contribution is 2.53. The number of benzene rings is 1. The minimum atomic E-state index is 0.270. The Bertz CT molecular complexity index is 546. The fourth-order valence-corrected chi connectivity index (χ4v) is 5.81. The van der Waals surface area contributed by atoms with E-state index in [-0.39, 0.29) is 5.54 Å². The number of rotatable bonds is 2. The van der Waals surface area contributed by atoms with Gasteiger partial charge in [-0.25, -0.2) is 5.32 Å². The highest BCUT2D eigenvalue weighted by molar-refractivity contribution is 14.1. The maximum atomic E-state index is 6.29. The van der Waals surface area contributed by atoms with Crippen LogP contribution in [0.4, 0.5) is 5.69 Å². The Kier molecular flexibility index (Phi) is 3.39. The van der Waals surface area contributed by atoms with Gasteiger partial charge >= 0.3 is 5.96 Å². The first-order chi connectivity index (χ1) is 10.1. The van der Waals surface area contributed by atoms with Gasteiger partial charge in [0, 0.05) is 0 Å². The molecule has 4 aliphatic rings. The largest absolute Gasteiger partial charge is 0.346 e. The van der Waals surface area contributed by atoms with Crippen molar-refractivity contribution >= 4 is 34.2 Å². The lowest BCUT2D eigenvalue weighted by atomic mass is 9.53. The van der Waals surface area contributed by atoms with Crippen LogP contribution >= 0.6 is 22.6 Å². The van der Waals surface area contributed by atoms with Gasteiger partial charge in [-0.05, 0) is 91.0 Å². The first-order valence-electron chi connectivity index (χ1n) is 8.04. The van der Waals surface area contributed by atoms with E-state index in [2.05, 4.69) is 51.1 Å². The molecule has 4 aliphatic carbocycles. The molecule has 4 saturated carbocycles. The molecule has 0 atom stereocenters. The van der Waals surface area contributed by atoms with Crippen molar-refractivity contribution in [3.63, 3.8) is 0 Å². The summed E-state index contributed by atoms with van der Waals surface area (Å²) < 4.78 is 1.20. The third-order valence-electron chi connectivity index (χ3n) is 5.58. The molecule has 0 aromatic heterocycles. The summed E-state index contributed by atoms with van der Waals surface area (Å²) >= 11 is 2.34. The number of hydrogen-bond acceptors (Lipinski definition) is 0. The van der Waals surface area contributed by atoms with E-state index in [1.165, 1.54) is 42.1 Å². The fourth-order valence-electron chi connectivity index (χ4n) is 5.29. The van der Waals surface area contributed by atoms with E-state index in [9.17, 15) is 0 Å². The Labute approximate surface area is 139 Å². The SMILES string of the molecule is NC(Nc1ccccc1I)=[NH+]C12CC3CC(CC(C3)C1)C2. The van der Waals surface area contributed by atoms with Crippen LogP contribution in [0.1, 0.15) is 38.5 Å². The van der Waals surface area contributed by atoms with Gasteiger partial charge in [-0.3, -0.25) is 10.7 Å². The molecular formula is C17H23IN3+. The average molecular weight is 396 g/mol. The molecule has 4 bridgehead atoms. The van der Waals surface area contributed by atoms with Crippen LogP contribution in [-0.2, 0) is 0 Å². The number of halogens is 1. The van der Waals surface area contributed by atoms with E-state index in [0.717, 1.165) is 29.4 Å². The summed E-state index contributed by atoms with van der Waals surface area (Å²) in [4.78, 5) is 3.68. The molecule has 0 unspecified atom stereocenters. The summed E-state index contributed by atoms with van der Waals surface area (Å²) in [6.45, 7) is 0. The van der Waals surface area contributed by atoms with Crippen LogP contribution in [0, 0.1) is 21.3 Å². The van der Waals surface area contributed by atoms with Crippen LogP contribution in [0.3, 0.4) is 0 Å². The zero-order valence-electron chi connectivity index (χ0n) is 12.2. The van der Waals surface area contributed by atoms with E-state index in [0.29, 0.717) is 0 Å². The summed E-state index contributed by atoms with van der Waals surface area (Å²) in [6, 6.07) is 8.27. The maximum Gasteiger partial charge on any atom is 0.346 e. The third-order valence-corrected chi connectivity index (χ3v) is 6.52. The number of guanidine groups is 1. The quantitative estimate of drug-likeness (QED) is 0.407. The molecule has 112 valence electrons. The average Bonchev–Trinajstić information content (AvgIpc) is 2.39. The van der Waals surface area contributed by atoms with Crippen LogP contribution in [0.25, 0.3) is 0 Å². The lowest BCUT2D eigenvalue weighted by Gasteiger charge is -2.54. The van der Waals surface area contributed by atoms with Crippen molar-refractivity contribution < 1.29 is 4.99 Å². The molecule has 4 heteroatoms. The molecule has 1 aromatic rings. The van der Waals surface area contributed by atoms with Crippen molar-refractivity contribution in [1.82, 2.24) is 0 Å². The van der Waals surface area contributed by atoms with Gasteiger partial charge in [-0.1, -0.05) is 12.1 Å². The number of para-hydroxylation sites is 1. The van der Waals surface area contributed by atoms with Gasteiger partial charge in [0.05, 0.1) is 9.11 Å². The molecule has 4 N–H and O–H groups in total. The second kappa shape index (κ2) is 5.14. The Morgan fingerprint density at radius 3 is 2.24 bits per heavy atom. The summed E-state index contributed by atoms with van der Waals surface area (Å²) in [5.74, 6) is 3.54. The summed E-state index contributed by atoms with van der Waals surface area (Å²) in [7, 11) is 0. The summed E-state index contributed by atoms with van der Waals surface area (Å²) in [6.07, 6.45) is 8.33. The van der Waals surface area contributed by atoms with E-state index in [4.69, 9.17) is 5.73 Å². The van der Waals surface area contributed by atoms with Crippen LogP contribution in [-0.4, -0.2) is 11.5 Å². The van der Waals surface area contributed by atoms with Gasteiger partial charge in [-0.15, -0.1) is 0 Å². The monoisotopic (exact) mass is 396 g/mol. The normalized spacial score (nSPS) is 37.8. The molecule has 21 heavy (non-hydrogen) atoms. The maximum absolute atomic E-state index is 6.29. The molecule has 0 aliphatic heterocycles. The third kappa shape index (κ3) is 2.67. The zero-order valence-corrected chi connectivity index (χ0v) is 14.4. The molecule has 5 rings (SSSR count). The van der Waals surface area contributed by atoms with E-state index in [1.54, 1.807) is 0 Å². The van der Waals surface area contributed by atoms with Crippen LogP contribution in [0.2, 0.25) is 0 Å². The Morgan fingerprint density at radius 2 is 1.67 bits per heavy atom. The molecule has 0 radical (unpaired) electrons. The number of anilines is 1. The lowest BCUT2D eigenvalue weighted by molar-refractivity contribution is -0.575. The highest BCUT2D eigenvalue weighted by Gasteiger charge is 2.51. The van der Waals surface area contributed by atoms with Crippen molar-refractivity contribution in [2.45, 2.75) is 44.1 Å². The molecular weight excluding hydrogens is 373 g/mol. The molecule has 3 nitrogen and oxygen atoms in total. The Balaban J connectivity index is 1.55. The number of nitrogens with two attached hydrogens (primary N) is 1. The van der Waals surface area contributed by atoms with Crippen molar-refractivity contribution in [2.75, 3.05) is 5.32 Å². The molecule has 0 heterocycles. The first kappa shape index (κ1) is 13.9. The molecule has 0 spiro atoms. The predicted molar refractivity (Wildman–Crippen MR) is 93.8 cm³/mol. The van der Waals surface area contributed by atoms with Gasteiger partial charge in [0.1, 0.15) is 5.69 Å². The fraction of sp³-hybridized carbons (Fsp3) is 0.588. The van der Waals surface area contributed by atoms with Gasteiger partial charge in [0.25, 0.3) is 0 Å². The van der Waals surface area contributed by atoms with Gasteiger partial charge in [-0.2, -0.15) is 0 Å². The smallest absolute Gasteiger partial charge is 0.291 e. The number of hydrogen-bond donors (Lipinski definition) is 3. The van der Waals surface area contributed by atoms with E-state index < -0.39 is 0 Å². The zero-order chi connectivity index (χ0) is 14.4. The van der Waals surface area contributed by atoms with Crippen LogP contribution in [0.5, 0.6) is 0 Å². The highest BCUT2D eigenvalue weighted by atomic mass is 127. The predicted octanol–water partition coefficient (Wildman–Crippen LogP) is 2.07. The standard InChI is InChI=1S/C17H22IN3/c18-14-3-1-2-4-15(14)20-16(19)21-17-8-11-5-12(9-17)7-13(6-11)10-17/h1-4,11-13H,5-10H2,(H3,19,20,21)/p+1. The van der Waals surface area contributed by atoms with Gasteiger partial charge in [0.2, 0.25) is 0 Å². The minimum absolute atomic E-state index is 0.270. The first-order valence-corrected chi connectivity index (χ1v) is 9.12. The molecule has 1 aromatic carbocycles. The van der Waals surface area contributed by atoms with Crippen LogP contribution in [0.15, 0.2) is 24.3 Å². The van der Waals surface area contributed by atoms with Crippen molar-refractivity contribution in [3.05, 3.63) is 27.8 Å². The second-order valence-corrected chi connectivity index (χ2v) is 8.50. The molecule has 0 saturated heterocycles. The van der Waals surface area contributed by atoms with E-state index in [1.807, 2.05) is 6.07 Å². The van der Waals surface area contributed by atoms with Gasteiger partial charge < -0.3 is 0 Å². The lowest BCUT2D eigenvalue weighted by Crippen LogP contribution is -2.92. The molecule has 0 amide bonds.